The Morgan fingerprint density at radius 2 is 0.935 bits per heavy atom. The molecule has 1 aromatic heterocycles. The quantitative estimate of drug-likeness (QED) is 0.387. The highest BCUT2D eigenvalue weighted by molar-refractivity contribution is 6.31. The SMILES string of the molecule is C/C(=N\c1c(C)cc(C)cc1C)c1cc(Cl)cc(/C(C)=N/c2c(C)cc(C)cc2C)n1. The van der Waals surface area contributed by atoms with Crippen molar-refractivity contribution in [2.45, 2.75) is 55.4 Å². The Bertz CT molecular complexity index is 1080. The molecule has 0 atom stereocenters. The number of hydrogen-bond acceptors (Lipinski definition) is 3. The van der Waals surface area contributed by atoms with Crippen LogP contribution >= 0.6 is 11.6 Å². The fourth-order valence-corrected chi connectivity index (χ4v) is 4.22. The Balaban J connectivity index is 2.05. The van der Waals surface area contributed by atoms with Gasteiger partial charge in [-0.05, 0) is 89.8 Å². The van der Waals surface area contributed by atoms with Gasteiger partial charge in [0.15, 0.2) is 0 Å². The number of halogens is 1. The molecular formula is C27H30ClN3. The molecule has 160 valence electrons. The van der Waals surface area contributed by atoms with Crippen LogP contribution in [0.4, 0.5) is 11.4 Å². The number of benzene rings is 2. The van der Waals surface area contributed by atoms with Gasteiger partial charge in [-0.25, -0.2) is 4.98 Å². The largest absolute Gasteiger partial charge is 0.251 e. The lowest BCUT2D eigenvalue weighted by molar-refractivity contribution is 1.22. The summed E-state index contributed by atoms with van der Waals surface area (Å²) in [5, 5.41) is 0.624. The second kappa shape index (κ2) is 9.15. The first-order chi connectivity index (χ1) is 14.5. The summed E-state index contributed by atoms with van der Waals surface area (Å²) in [6.07, 6.45) is 0. The summed E-state index contributed by atoms with van der Waals surface area (Å²) in [5.74, 6) is 0. The van der Waals surface area contributed by atoms with E-state index in [1.165, 1.54) is 11.1 Å². The molecular weight excluding hydrogens is 402 g/mol. The molecule has 0 radical (unpaired) electrons. The minimum atomic E-state index is 0.624. The molecule has 4 heteroatoms. The van der Waals surface area contributed by atoms with Gasteiger partial charge in [-0.1, -0.05) is 47.0 Å². The standard InChI is InChI=1S/C27H30ClN3/c1-15-9-17(3)26(18(4)10-15)29-21(7)24-13-23(28)14-25(31-24)22(8)30-27-19(5)11-16(2)12-20(27)6/h9-14H,1-8H3/b29-21+,30-22+. The number of rotatable bonds is 4. The van der Waals surface area contributed by atoms with Crippen LogP contribution < -0.4 is 0 Å². The van der Waals surface area contributed by atoms with Gasteiger partial charge in [0, 0.05) is 5.02 Å². The number of hydrogen-bond donors (Lipinski definition) is 0. The Kier molecular flexibility index (Phi) is 6.76. The van der Waals surface area contributed by atoms with Gasteiger partial charge in [0.1, 0.15) is 0 Å². The summed E-state index contributed by atoms with van der Waals surface area (Å²) < 4.78 is 0. The Morgan fingerprint density at radius 3 is 1.26 bits per heavy atom. The molecule has 0 unspecified atom stereocenters. The maximum absolute atomic E-state index is 6.46. The zero-order chi connectivity index (χ0) is 22.9. The summed E-state index contributed by atoms with van der Waals surface area (Å²) in [4.78, 5) is 14.6. The Morgan fingerprint density at radius 1 is 0.613 bits per heavy atom. The van der Waals surface area contributed by atoms with Crippen molar-refractivity contribution in [2.24, 2.45) is 9.98 Å². The minimum Gasteiger partial charge on any atom is -0.251 e. The third-order valence-corrected chi connectivity index (χ3v) is 5.58. The van der Waals surface area contributed by atoms with Gasteiger partial charge in [0.05, 0.1) is 34.2 Å². The van der Waals surface area contributed by atoms with Crippen molar-refractivity contribution < 1.29 is 0 Å². The molecule has 0 amide bonds. The molecule has 0 aliphatic carbocycles. The number of nitrogens with zero attached hydrogens (tertiary/aromatic N) is 3. The number of aromatic nitrogens is 1. The summed E-state index contributed by atoms with van der Waals surface area (Å²) in [5.41, 5.74) is 12.2. The van der Waals surface area contributed by atoms with Gasteiger partial charge in [-0.3, -0.25) is 9.98 Å². The van der Waals surface area contributed by atoms with Gasteiger partial charge in [0.25, 0.3) is 0 Å². The van der Waals surface area contributed by atoms with Crippen LogP contribution in [0.5, 0.6) is 0 Å². The normalized spacial score (nSPS) is 12.4. The summed E-state index contributed by atoms with van der Waals surface area (Å²) in [7, 11) is 0. The van der Waals surface area contributed by atoms with Crippen molar-refractivity contribution in [3.63, 3.8) is 0 Å². The van der Waals surface area contributed by atoms with E-state index >= 15 is 0 Å². The fourth-order valence-electron chi connectivity index (χ4n) is 4.02. The smallest absolute Gasteiger partial charge is 0.0864 e. The maximum atomic E-state index is 6.46. The van der Waals surface area contributed by atoms with E-state index in [-0.39, 0.29) is 0 Å². The van der Waals surface area contributed by atoms with Gasteiger partial charge >= 0.3 is 0 Å². The highest BCUT2D eigenvalue weighted by Crippen LogP contribution is 2.28. The highest BCUT2D eigenvalue weighted by atomic mass is 35.5. The fraction of sp³-hybridized carbons (Fsp3) is 0.296. The van der Waals surface area contributed by atoms with Crippen LogP contribution in [-0.2, 0) is 0 Å². The molecule has 1 heterocycles. The van der Waals surface area contributed by atoms with Crippen LogP contribution in [0.2, 0.25) is 5.02 Å². The van der Waals surface area contributed by atoms with Crippen LogP contribution in [0, 0.1) is 41.5 Å². The van der Waals surface area contributed by atoms with Gasteiger partial charge in [-0.2, -0.15) is 0 Å². The zero-order valence-corrected chi connectivity index (χ0v) is 20.4. The summed E-state index contributed by atoms with van der Waals surface area (Å²) in [6, 6.07) is 12.3. The van der Waals surface area contributed by atoms with E-state index in [9.17, 15) is 0 Å². The number of aryl methyl sites for hydroxylation is 6. The average molecular weight is 432 g/mol. The predicted octanol–water partition coefficient (Wildman–Crippen LogP) is 7.87. The third-order valence-electron chi connectivity index (χ3n) is 5.36. The van der Waals surface area contributed by atoms with Crippen molar-refractivity contribution in [3.8, 4) is 0 Å². The molecule has 0 spiro atoms. The highest BCUT2D eigenvalue weighted by Gasteiger charge is 2.11. The molecule has 0 N–H and O–H groups in total. The van der Waals surface area contributed by atoms with Crippen LogP contribution in [0.15, 0.2) is 46.4 Å². The lowest BCUT2D eigenvalue weighted by Gasteiger charge is -2.11. The number of pyridine rings is 1. The number of aliphatic imine (C=N–C) groups is 2. The molecule has 0 saturated carbocycles. The third kappa shape index (κ3) is 5.29. The van der Waals surface area contributed by atoms with Crippen molar-refractivity contribution >= 4 is 34.4 Å². The van der Waals surface area contributed by atoms with Crippen molar-refractivity contribution in [2.75, 3.05) is 0 Å². The van der Waals surface area contributed by atoms with Gasteiger partial charge in [-0.15, -0.1) is 0 Å². The molecule has 0 bridgehead atoms. The molecule has 0 saturated heterocycles. The first kappa shape index (κ1) is 22.9. The molecule has 3 nitrogen and oxygen atoms in total. The van der Waals surface area contributed by atoms with Gasteiger partial charge < -0.3 is 0 Å². The average Bonchev–Trinajstić information content (AvgIpc) is 2.66. The monoisotopic (exact) mass is 431 g/mol. The van der Waals surface area contributed by atoms with E-state index in [2.05, 4.69) is 65.8 Å². The van der Waals surface area contributed by atoms with E-state index < -0.39 is 0 Å². The van der Waals surface area contributed by atoms with Crippen LogP contribution in [0.1, 0.15) is 58.6 Å². The lowest BCUT2D eigenvalue weighted by atomic mass is 10.0. The van der Waals surface area contributed by atoms with E-state index in [0.29, 0.717) is 5.02 Å². The van der Waals surface area contributed by atoms with Crippen molar-refractivity contribution in [3.05, 3.63) is 86.2 Å². The molecule has 2 aromatic carbocycles. The van der Waals surface area contributed by atoms with E-state index in [1.807, 2.05) is 26.0 Å². The molecule has 3 rings (SSSR count). The van der Waals surface area contributed by atoms with E-state index in [4.69, 9.17) is 26.6 Å². The predicted molar refractivity (Wildman–Crippen MR) is 134 cm³/mol. The maximum Gasteiger partial charge on any atom is 0.0864 e. The van der Waals surface area contributed by atoms with E-state index in [0.717, 1.165) is 56.4 Å². The lowest BCUT2D eigenvalue weighted by Crippen LogP contribution is -2.06. The molecule has 3 aromatic rings. The molecule has 0 aliphatic rings. The van der Waals surface area contributed by atoms with E-state index in [1.54, 1.807) is 0 Å². The van der Waals surface area contributed by atoms with Crippen molar-refractivity contribution in [1.82, 2.24) is 4.98 Å². The second-order valence-electron chi connectivity index (χ2n) is 8.44. The molecule has 0 aliphatic heterocycles. The minimum absolute atomic E-state index is 0.624. The zero-order valence-electron chi connectivity index (χ0n) is 19.7. The van der Waals surface area contributed by atoms with Crippen LogP contribution in [0.25, 0.3) is 0 Å². The summed E-state index contributed by atoms with van der Waals surface area (Å²) in [6.45, 7) is 16.5. The Labute approximate surface area is 191 Å². The van der Waals surface area contributed by atoms with Gasteiger partial charge in [0.2, 0.25) is 0 Å². The molecule has 31 heavy (non-hydrogen) atoms. The second-order valence-corrected chi connectivity index (χ2v) is 8.88. The summed E-state index contributed by atoms with van der Waals surface area (Å²) >= 11 is 6.46. The first-order valence-electron chi connectivity index (χ1n) is 10.5. The first-order valence-corrected chi connectivity index (χ1v) is 10.9. The Hall–Kier alpha value is -2.78. The topological polar surface area (TPSA) is 37.6 Å². The molecule has 0 fully saturated rings. The van der Waals surface area contributed by atoms with Crippen molar-refractivity contribution in [1.29, 1.82) is 0 Å². The van der Waals surface area contributed by atoms with Crippen LogP contribution in [0.3, 0.4) is 0 Å². The van der Waals surface area contributed by atoms with Crippen LogP contribution in [-0.4, -0.2) is 16.4 Å².